The molecule has 1 aromatic heterocycles. The van der Waals surface area contributed by atoms with Crippen LogP contribution in [0.1, 0.15) is 18.5 Å². The Morgan fingerprint density at radius 1 is 1.50 bits per heavy atom. The highest BCUT2D eigenvalue weighted by Crippen LogP contribution is 2.33. The SMILES string of the molecule is CN=C(NCC1(SC)CCOCC1)N(C)Cc1cc(Br)cn1C.I. The van der Waals surface area contributed by atoms with E-state index in [1.165, 1.54) is 5.69 Å². The lowest BCUT2D eigenvalue weighted by Crippen LogP contribution is -2.48. The van der Waals surface area contributed by atoms with Crippen LogP contribution in [0, 0.1) is 0 Å². The Morgan fingerprint density at radius 3 is 2.67 bits per heavy atom. The van der Waals surface area contributed by atoms with Gasteiger partial charge in [0, 0.05) is 62.0 Å². The van der Waals surface area contributed by atoms with E-state index in [1.807, 2.05) is 18.8 Å². The molecule has 0 atom stereocenters. The highest BCUT2D eigenvalue weighted by molar-refractivity contribution is 14.0. The van der Waals surface area contributed by atoms with Crippen molar-refractivity contribution in [2.45, 2.75) is 24.1 Å². The van der Waals surface area contributed by atoms with Crippen LogP contribution in [0.4, 0.5) is 0 Å². The minimum Gasteiger partial charge on any atom is -0.381 e. The summed E-state index contributed by atoms with van der Waals surface area (Å²) < 4.78 is 9.01. The van der Waals surface area contributed by atoms with Gasteiger partial charge in [-0.1, -0.05) is 0 Å². The summed E-state index contributed by atoms with van der Waals surface area (Å²) >= 11 is 5.47. The third kappa shape index (κ3) is 5.81. The molecule has 0 unspecified atom stereocenters. The summed E-state index contributed by atoms with van der Waals surface area (Å²) in [5.41, 5.74) is 1.24. The Labute approximate surface area is 175 Å². The van der Waals surface area contributed by atoms with Gasteiger partial charge < -0.3 is 19.5 Å². The zero-order valence-corrected chi connectivity index (χ0v) is 19.6. The van der Waals surface area contributed by atoms with Gasteiger partial charge in [-0.25, -0.2) is 0 Å². The van der Waals surface area contributed by atoms with Crippen LogP contribution in [-0.2, 0) is 18.3 Å². The van der Waals surface area contributed by atoms with Crippen molar-refractivity contribution in [2.24, 2.45) is 12.0 Å². The molecule has 0 bridgehead atoms. The van der Waals surface area contributed by atoms with E-state index in [0.29, 0.717) is 0 Å². The van der Waals surface area contributed by atoms with Crippen LogP contribution < -0.4 is 5.32 Å². The van der Waals surface area contributed by atoms with Crippen molar-refractivity contribution < 1.29 is 4.74 Å². The minimum absolute atomic E-state index is 0. The summed E-state index contributed by atoms with van der Waals surface area (Å²) in [6.45, 7) is 3.45. The number of hydrogen-bond acceptors (Lipinski definition) is 3. The Balaban J connectivity index is 0.00000288. The Morgan fingerprint density at radius 2 is 2.17 bits per heavy atom. The molecule has 0 amide bonds. The molecular weight excluding hydrogens is 503 g/mol. The van der Waals surface area contributed by atoms with Gasteiger partial charge in [0.15, 0.2) is 5.96 Å². The van der Waals surface area contributed by atoms with Gasteiger partial charge in [-0.3, -0.25) is 4.99 Å². The number of nitrogens with zero attached hydrogens (tertiary/aromatic N) is 3. The van der Waals surface area contributed by atoms with E-state index in [-0.39, 0.29) is 28.7 Å². The van der Waals surface area contributed by atoms with Crippen molar-refractivity contribution in [1.82, 2.24) is 14.8 Å². The fraction of sp³-hybridized carbons (Fsp3) is 0.688. The zero-order valence-electron chi connectivity index (χ0n) is 14.8. The molecule has 2 rings (SSSR count). The van der Waals surface area contributed by atoms with E-state index >= 15 is 0 Å². The lowest BCUT2D eigenvalue weighted by Gasteiger charge is -2.36. The number of rotatable bonds is 5. The summed E-state index contributed by atoms with van der Waals surface area (Å²) in [6, 6.07) is 2.14. The number of halogens is 2. The number of ether oxygens (including phenoxy) is 1. The number of hydrogen-bond donors (Lipinski definition) is 1. The number of aliphatic imine (C=N–C) groups is 1. The first-order chi connectivity index (χ1) is 11.0. The van der Waals surface area contributed by atoms with Crippen molar-refractivity contribution in [1.29, 1.82) is 0 Å². The number of guanidine groups is 1. The van der Waals surface area contributed by atoms with Gasteiger partial charge in [-0.15, -0.1) is 24.0 Å². The van der Waals surface area contributed by atoms with Crippen molar-refractivity contribution in [3.05, 3.63) is 22.4 Å². The van der Waals surface area contributed by atoms with Crippen LogP contribution in [0.3, 0.4) is 0 Å². The first kappa shape index (κ1) is 22.1. The third-order valence-electron chi connectivity index (χ3n) is 4.45. The average Bonchev–Trinajstić information content (AvgIpc) is 2.86. The number of nitrogens with one attached hydrogen (secondary N) is 1. The van der Waals surface area contributed by atoms with Crippen LogP contribution in [0.15, 0.2) is 21.7 Å². The molecule has 1 aliphatic heterocycles. The van der Waals surface area contributed by atoms with Crippen LogP contribution in [0.25, 0.3) is 0 Å². The fourth-order valence-corrected chi connectivity index (χ4v) is 4.23. The number of aromatic nitrogens is 1. The third-order valence-corrected chi connectivity index (χ3v) is 6.31. The smallest absolute Gasteiger partial charge is 0.193 e. The van der Waals surface area contributed by atoms with E-state index in [4.69, 9.17) is 4.74 Å². The lowest BCUT2D eigenvalue weighted by atomic mass is 9.99. The largest absolute Gasteiger partial charge is 0.381 e. The van der Waals surface area contributed by atoms with Crippen LogP contribution in [0.2, 0.25) is 0 Å². The highest BCUT2D eigenvalue weighted by atomic mass is 127. The molecule has 1 fully saturated rings. The molecule has 0 aliphatic carbocycles. The van der Waals surface area contributed by atoms with Gasteiger partial charge in [0.05, 0.1) is 6.54 Å². The summed E-state index contributed by atoms with van der Waals surface area (Å²) in [7, 11) is 5.98. The second-order valence-corrected chi connectivity index (χ2v) is 8.21. The Hall–Kier alpha value is 0.0700. The first-order valence-corrected chi connectivity index (χ1v) is 9.87. The summed E-state index contributed by atoms with van der Waals surface area (Å²) in [6.07, 6.45) is 6.45. The number of aryl methyl sites for hydroxylation is 1. The maximum Gasteiger partial charge on any atom is 0.193 e. The molecule has 1 saturated heterocycles. The van der Waals surface area contributed by atoms with E-state index < -0.39 is 0 Å². The van der Waals surface area contributed by atoms with Gasteiger partial charge in [0.1, 0.15) is 0 Å². The molecule has 1 aliphatic rings. The molecular formula is C16H28BrIN4OS. The molecule has 8 heteroatoms. The van der Waals surface area contributed by atoms with Crippen molar-refractivity contribution >= 4 is 57.6 Å². The summed E-state index contributed by atoms with van der Waals surface area (Å²) in [4.78, 5) is 6.60. The van der Waals surface area contributed by atoms with E-state index in [1.54, 1.807) is 0 Å². The second kappa shape index (κ2) is 10.3. The van der Waals surface area contributed by atoms with Crippen LogP contribution >= 0.6 is 51.7 Å². The molecule has 0 radical (unpaired) electrons. The van der Waals surface area contributed by atoms with Crippen LogP contribution in [0.5, 0.6) is 0 Å². The van der Waals surface area contributed by atoms with Crippen LogP contribution in [-0.4, -0.2) is 60.3 Å². The standard InChI is InChI=1S/C16H27BrN4OS.HI/c1-18-15(19-12-16(23-4)5-7-22-8-6-16)21(3)11-14-9-13(17)10-20(14)2;/h9-10H,5-8,11-12H2,1-4H3,(H,18,19);1H. The van der Waals surface area contributed by atoms with Gasteiger partial charge in [0.25, 0.3) is 0 Å². The quantitative estimate of drug-likeness (QED) is 0.360. The lowest BCUT2D eigenvalue weighted by molar-refractivity contribution is 0.0781. The second-order valence-electron chi connectivity index (χ2n) is 6.02. The molecule has 1 N–H and O–H groups in total. The Bertz CT molecular complexity index is 546. The molecule has 0 aromatic carbocycles. The fourth-order valence-electron chi connectivity index (χ4n) is 2.86. The van der Waals surface area contributed by atoms with E-state index in [2.05, 4.69) is 68.3 Å². The van der Waals surface area contributed by atoms with Crippen molar-refractivity contribution in [2.75, 3.05) is 40.1 Å². The molecule has 5 nitrogen and oxygen atoms in total. The molecule has 2 heterocycles. The molecule has 1 aromatic rings. The zero-order chi connectivity index (χ0) is 16.9. The van der Waals surface area contributed by atoms with Gasteiger partial charge >= 0.3 is 0 Å². The van der Waals surface area contributed by atoms with Gasteiger partial charge in [-0.2, -0.15) is 11.8 Å². The highest BCUT2D eigenvalue weighted by Gasteiger charge is 2.32. The van der Waals surface area contributed by atoms with E-state index in [0.717, 1.165) is 49.6 Å². The summed E-state index contributed by atoms with van der Waals surface area (Å²) in [5.74, 6) is 0.933. The monoisotopic (exact) mass is 530 g/mol. The van der Waals surface area contributed by atoms with E-state index in [9.17, 15) is 0 Å². The maximum atomic E-state index is 5.51. The topological polar surface area (TPSA) is 41.8 Å². The van der Waals surface area contributed by atoms with Crippen molar-refractivity contribution in [3.8, 4) is 0 Å². The Kier molecular flexibility index (Phi) is 9.47. The number of thioether (sulfide) groups is 1. The predicted octanol–water partition coefficient (Wildman–Crippen LogP) is 3.33. The summed E-state index contributed by atoms with van der Waals surface area (Å²) in [5, 5.41) is 3.56. The normalized spacial score (nSPS) is 17.3. The van der Waals surface area contributed by atoms with Gasteiger partial charge in [0.2, 0.25) is 0 Å². The average molecular weight is 531 g/mol. The molecule has 138 valence electrons. The van der Waals surface area contributed by atoms with Gasteiger partial charge in [-0.05, 0) is 41.1 Å². The maximum absolute atomic E-state index is 5.51. The first-order valence-electron chi connectivity index (χ1n) is 7.85. The minimum atomic E-state index is 0. The van der Waals surface area contributed by atoms with Crippen molar-refractivity contribution in [3.63, 3.8) is 0 Å². The molecule has 0 spiro atoms. The predicted molar refractivity (Wildman–Crippen MR) is 118 cm³/mol. The molecule has 24 heavy (non-hydrogen) atoms. The molecule has 0 saturated carbocycles.